The molecule has 0 saturated carbocycles. The van der Waals surface area contributed by atoms with E-state index in [0.29, 0.717) is 55.7 Å². The number of nitrogens with two attached hydrogens (primary N) is 1. The molecule has 0 bridgehead atoms. The van der Waals surface area contributed by atoms with Gasteiger partial charge < -0.3 is 20.9 Å². The zero-order valence-corrected chi connectivity index (χ0v) is 18.1. The summed E-state index contributed by atoms with van der Waals surface area (Å²) in [5.41, 5.74) is 6.61. The van der Waals surface area contributed by atoms with Crippen molar-refractivity contribution in [1.29, 1.82) is 0 Å². The second-order valence-electron chi connectivity index (χ2n) is 9.02. The maximum atomic E-state index is 14.2. The van der Waals surface area contributed by atoms with Crippen LogP contribution in [0.2, 0.25) is 0 Å². The SMILES string of the molecule is CN1C(=O)Cc2ccc(-c3cnc(N)c(C(F)(F)F)c3N3CCC4(CCNC4=O)CC3)cc21. The van der Waals surface area contributed by atoms with Gasteiger partial charge in [0.15, 0.2) is 0 Å². The van der Waals surface area contributed by atoms with Crippen molar-refractivity contribution in [3.8, 4) is 11.1 Å². The van der Waals surface area contributed by atoms with Gasteiger partial charge in [-0.15, -0.1) is 0 Å². The minimum Gasteiger partial charge on any atom is -0.383 e. The van der Waals surface area contributed by atoms with E-state index in [0.717, 1.165) is 5.56 Å². The van der Waals surface area contributed by atoms with Gasteiger partial charge in [0.1, 0.15) is 11.4 Å². The fraction of sp³-hybridized carbons (Fsp3) is 0.435. The van der Waals surface area contributed by atoms with Crippen LogP contribution in [0.15, 0.2) is 24.4 Å². The van der Waals surface area contributed by atoms with Crippen LogP contribution in [-0.2, 0) is 22.2 Å². The van der Waals surface area contributed by atoms with Crippen molar-refractivity contribution in [3.63, 3.8) is 0 Å². The molecule has 4 heterocycles. The Morgan fingerprint density at radius 1 is 1.15 bits per heavy atom. The number of rotatable bonds is 2. The molecular weight excluding hydrogens is 435 g/mol. The molecule has 2 saturated heterocycles. The van der Waals surface area contributed by atoms with Crippen molar-refractivity contribution >= 4 is 29.0 Å². The summed E-state index contributed by atoms with van der Waals surface area (Å²) in [7, 11) is 1.65. The number of nitrogens with one attached hydrogen (secondary N) is 1. The lowest BCUT2D eigenvalue weighted by Gasteiger charge is -2.40. The molecule has 0 unspecified atom stereocenters. The van der Waals surface area contributed by atoms with Crippen LogP contribution in [0.5, 0.6) is 0 Å². The first-order valence-corrected chi connectivity index (χ1v) is 10.9. The first-order valence-electron chi connectivity index (χ1n) is 10.9. The number of piperidine rings is 1. The van der Waals surface area contributed by atoms with Crippen molar-refractivity contribution in [3.05, 3.63) is 35.5 Å². The third kappa shape index (κ3) is 3.39. The third-order valence-corrected chi connectivity index (χ3v) is 7.25. The number of carbonyl (C=O) groups is 2. The average molecular weight is 459 g/mol. The standard InChI is InChI=1S/C23H24F3N5O2/c1-30-16-10-13(2-3-14(16)11-17(30)32)15-12-29-20(27)18(23(24,25)26)19(15)31-8-5-22(6-9-31)4-7-28-21(22)33/h2-3,10,12H,4-9,11H2,1H3,(H2,27,29)(H,28,33). The minimum atomic E-state index is -4.70. The number of halogens is 3. The number of aromatic nitrogens is 1. The monoisotopic (exact) mass is 459 g/mol. The van der Waals surface area contributed by atoms with Crippen LogP contribution >= 0.6 is 0 Å². The molecule has 33 heavy (non-hydrogen) atoms. The van der Waals surface area contributed by atoms with E-state index in [4.69, 9.17) is 5.73 Å². The fourth-order valence-electron chi connectivity index (χ4n) is 5.30. The Kier molecular flexibility index (Phi) is 4.80. The molecule has 5 rings (SSSR count). The lowest BCUT2D eigenvalue weighted by atomic mass is 9.77. The molecule has 0 atom stereocenters. The Labute approximate surface area is 188 Å². The smallest absolute Gasteiger partial charge is 0.383 e. The van der Waals surface area contributed by atoms with Crippen molar-refractivity contribution < 1.29 is 22.8 Å². The van der Waals surface area contributed by atoms with Crippen molar-refractivity contribution in [2.24, 2.45) is 5.41 Å². The highest BCUT2D eigenvalue weighted by atomic mass is 19.4. The Hall–Kier alpha value is -3.30. The van der Waals surface area contributed by atoms with E-state index in [1.54, 1.807) is 30.1 Å². The molecule has 2 amide bonds. The quantitative estimate of drug-likeness (QED) is 0.721. The number of likely N-dealkylation sites (N-methyl/N-ethyl adjacent to an activating group) is 1. The number of hydrogen-bond acceptors (Lipinski definition) is 5. The van der Waals surface area contributed by atoms with Gasteiger partial charge in [0.25, 0.3) is 0 Å². The van der Waals surface area contributed by atoms with Crippen LogP contribution in [0.1, 0.15) is 30.4 Å². The molecule has 3 aliphatic heterocycles. The van der Waals surface area contributed by atoms with Gasteiger partial charge in [0.2, 0.25) is 11.8 Å². The summed E-state index contributed by atoms with van der Waals surface area (Å²) in [6.07, 6.45) is -1.43. The predicted molar refractivity (Wildman–Crippen MR) is 118 cm³/mol. The van der Waals surface area contributed by atoms with E-state index in [2.05, 4.69) is 10.3 Å². The molecule has 0 radical (unpaired) electrons. The number of fused-ring (bicyclic) bond motifs is 1. The summed E-state index contributed by atoms with van der Waals surface area (Å²) in [5.74, 6) is -0.655. The van der Waals surface area contributed by atoms with Crippen LogP contribution in [0, 0.1) is 5.41 Å². The second kappa shape index (κ2) is 7.36. The van der Waals surface area contributed by atoms with E-state index >= 15 is 0 Å². The number of nitrogens with zero attached hydrogens (tertiary/aromatic N) is 3. The number of alkyl halides is 3. The lowest BCUT2D eigenvalue weighted by molar-refractivity contribution is -0.136. The zero-order valence-electron chi connectivity index (χ0n) is 18.1. The van der Waals surface area contributed by atoms with Crippen molar-refractivity contribution in [1.82, 2.24) is 10.3 Å². The summed E-state index contributed by atoms with van der Waals surface area (Å²) in [4.78, 5) is 31.5. The Balaban J connectivity index is 1.61. The molecule has 1 aromatic heterocycles. The molecule has 10 heteroatoms. The summed E-state index contributed by atoms with van der Waals surface area (Å²) < 4.78 is 42.6. The summed E-state index contributed by atoms with van der Waals surface area (Å²) in [6.45, 7) is 1.20. The molecule has 7 nitrogen and oxygen atoms in total. The van der Waals surface area contributed by atoms with E-state index in [1.165, 1.54) is 11.1 Å². The minimum absolute atomic E-state index is 0.0148. The van der Waals surface area contributed by atoms with Gasteiger partial charge in [-0.05, 0) is 36.5 Å². The average Bonchev–Trinajstić information content (AvgIpc) is 3.26. The van der Waals surface area contributed by atoms with E-state index in [1.807, 2.05) is 0 Å². The molecule has 3 N–H and O–H groups in total. The number of pyridine rings is 1. The largest absolute Gasteiger partial charge is 0.421 e. The van der Waals surface area contributed by atoms with Gasteiger partial charge >= 0.3 is 6.18 Å². The summed E-state index contributed by atoms with van der Waals surface area (Å²) >= 11 is 0. The predicted octanol–water partition coefficient (Wildman–Crippen LogP) is 2.98. The molecule has 2 fully saturated rings. The molecule has 3 aliphatic rings. The number of amides is 2. The second-order valence-corrected chi connectivity index (χ2v) is 9.02. The van der Waals surface area contributed by atoms with E-state index in [9.17, 15) is 22.8 Å². The number of carbonyl (C=O) groups excluding carboxylic acids is 2. The Morgan fingerprint density at radius 2 is 1.88 bits per heavy atom. The third-order valence-electron chi connectivity index (χ3n) is 7.25. The molecular formula is C23H24F3N5O2. The van der Waals surface area contributed by atoms with Crippen molar-refractivity contribution in [2.75, 3.05) is 42.2 Å². The fourth-order valence-corrected chi connectivity index (χ4v) is 5.30. The number of hydrogen-bond donors (Lipinski definition) is 2. The van der Waals surface area contributed by atoms with E-state index in [-0.39, 0.29) is 23.9 Å². The highest BCUT2D eigenvalue weighted by Gasteiger charge is 2.46. The highest BCUT2D eigenvalue weighted by Crippen LogP contribution is 2.48. The maximum absolute atomic E-state index is 14.2. The number of anilines is 3. The number of benzene rings is 1. The van der Waals surface area contributed by atoms with Crippen LogP contribution in [0.3, 0.4) is 0 Å². The molecule has 1 aromatic carbocycles. The van der Waals surface area contributed by atoms with Crippen LogP contribution in [0.25, 0.3) is 11.1 Å². The first kappa shape index (κ1) is 21.5. The highest BCUT2D eigenvalue weighted by molar-refractivity contribution is 6.02. The summed E-state index contributed by atoms with van der Waals surface area (Å²) in [6, 6.07) is 5.22. The van der Waals surface area contributed by atoms with E-state index < -0.39 is 23.0 Å². The van der Waals surface area contributed by atoms with Gasteiger partial charge in [-0.1, -0.05) is 12.1 Å². The van der Waals surface area contributed by atoms with Gasteiger partial charge in [0, 0.05) is 44.1 Å². The summed E-state index contributed by atoms with van der Waals surface area (Å²) in [5, 5.41) is 2.85. The van der Waals surface area contributed by atoms with Gasteiger partial charge in [0.05, 0.1) is 17.5 Å². The lowest BCUT2D eigenvalue weighted by Crippen LogP contribution is -2.44. The Bertz CT molecular complexity index is 1160. The first-order chi connectivity index (χ1) is 15.6. The number of nitrogen functional groups attached to an aromatic ring is 1. The maximum Gasteiger partial charge on any atom is 0.421 e. The molecule has 174 valence electrons. The van der Waals surface area contributed by atoms with Gasteiger partial charge in [-0.25, -0.2) is 4.98 Å². The van der Waals surface area contributed by atoms with Crippen LogP contribution in [0.4, 0.5) is 30.4 Å². The Morgan fingerprint density at radius 3 is 2.52 bits per heavy atom. The molecule has 0 aliphatic carbocycles. The molecule has 1 spiro atoms. The van der Waals surface area contributed by atoms with Crippen LogP contribution in [-0.4, -0.2) is 43.5 Å². The molecule has 2 aromatic rings. The van der Waals surface area contributed by atoms with Gasteiger partial charge in [-0.2, -0.15) is 13.2 Å². The van der Waals surface area contributed by atoms with Gasteiger partial charge in [-0.3, -0.25) is 9.59 Å². The zero-order chi connectivity index (χ0) is 23.5. The normalized spacial score (nSPS) is 19.9. The van der Waals surface area contributed by atoms with Crippen LogP contribution < -0.4 is 20.9 Å². The van der Waals surface area contributed by atoms with Crippen molar-refractivity contribution in [2.45, 2.75) is 31.9 Å². The topological polar surface area (TPSA) is 91.6 Å².